The highest BCUT2D eigenvalue weighted by Gasteiger charge is 1.96. The van der Waals surface area contributed by atoms with Crippen LogP contribution < -0.4 is 0 Å². The van der Waals surface area contributed by atoms with Gasteiger partial charge in [0.15, 0.2) is 0 Å². The summed E-state index contributed by atoms with van der Waals surface area (Å²) in [4.78, 5) is 0. The smallest absolute Gasteiger partial charge is 0.138 e. The second-order valence-corrected chi connectivity index (χ2v) is 3.51. The van der Waals surface area contributed by atoms with E-state index in [0.717, 1.165) is 11.1 Å². The summed E-state index contributed by atoms with van der Waals surface area (Å²) in [6.45, 7) is 3.31. The van der Waals surface area contributed by atoms with Crippen molar-refractivity contribution in [2.24, 2.45) is 0 Å². The number of hydrogen-bond acceptors (Lipinski definition) is 4. The Morgan fingerprint density at radius 1 is 1.41 bits per heavy atom. The highest BCUT2D eigenvalue weighted by Crippen LogP contribution is 2.08. The molecule has 0 aliphatic carbocycles. The van der Waals surface area contributed by atoms with Crippen molar-refractivity contribution in [3.63, 3.8) is 0 Å². The van der Waals surface area contributed by atoms with Gasteiger partial charge in [0.25, 0.3) is 0 Å². The van der Waals surface area contributed by atoms with E-state index >= 15 is 0 Å². The zero-order valence-electron chi connectivity index (χ0n) is 9.65. The minimum absolute atomic E-state index is 0.670. The summed E-state index contributed by atoms with van der Waals surface area (Å²) in [5, 5.41) is 11.0. The third kappa shape index (κ3) is 3.41. The van der Waals surface area contributed by atoms with Crippen LogP contribution in [0.5, 0.6) is 0 Å². The van der Waals surface area contributed by atoms with Crippen LogP contribution in [0.25, 0.3) is 6.08 Å². The summed E-state index contributed by atoms with van der Waals surface area (Å²) >= 11 is 0. The Labute approximate surface area is 99.7 Å². The first-order valence-electron chi connectivity index (χ1n) is 5.46. The molecule has 0 N–H and O–H groups in total. The summed E-state index contributed by atoms with van der Waals surface area (Å²) in [6, 6.07) is 8.15. The molecule has 0 unspecified atom stereocenters. The number of rotatable bonds is 5. The number of ether oxygens (including phenoxy) is 1. The Kier molecular flexibility index (Phi) is 3.85. The van der Waals surface area contributed by atoms with Crippen LogP contribution in [0.4, 0.5) is 0 Å². The summed E-state index contributed by atoms with van der Waals surface area (Å²) in [6.07, 6.45) is 5.24. The maximum Gasteiger partial charge on any atom is 0.138 e. The summed E-state index contributed by atoms with van der Waals surface area (Å²) < 4.78 is 6.85. The maximum atomic E-state index is 5.17. The summed E-state index contributed by atoms with van der Waals surface area (Å²) in [7, 11) is 0. The van der Waals surface area contributed by atoms with E-state index in [0.29, 0.717) is 13.2 Å². The molecule has 88 valence electrons. The van der Waals surface area contributed by atoms with Gasteiger partial charge in [-0.3, -0.25) is 0 Å². The van der Waals surface area contributed by atoms with Gasteiger partial charge in [-0.2, -0.15) is 0 Å². The second-order valence-electron chi connectivity index (χ2n) is 3.51. The van der Waals surface area contributed by atoms with E-state index in [4.69, 9.17) is 4.74 Å². The number of benzene rings is 1. The lowest BCUT2D eigenvalue weighted by Crippen LogP contribution is -2.00. The van der Waals surface area contributed by atoms with Crippen molar-refractivity contribution in [3.8, 4) is 0 Å². The molecule has 0 spiro atoms. The van der Waals surface area contributed by atoms with Crippen LogP contribution in [0, 0.1) is 0 Å². The van der Waals surface area contributed by atoms with Crippen LogP contribution in [0.2, 0.25) is 0 Å². The quantitative estimate of drug-likeness (QED) is 0.734. The zero-order valence-corrected chi connectivity index (χ0v) is 9.65. The van der Waals surface area contributed by atoms with Gasteiger partial charge in [-0.1, -0.05) is 18.2 Å². The lowest BCUT2D eigenvalue weighted by atomic mass is 10.1. The molecule has 5 heteroatoms. The van der Waals surface area contributed by atoms with Crippen LogP contribution in [-0.4, -0.2) is 26.8 Å². The van der Waals surface area contributed by atoms with E-state index in [9.17, 15) is 0 Å². The van der Waals surface area contributed by atoms with Crippen LogP contribution in [0.3, 0.4) is 0 Å². The van der Waals surface area contributed by atoms with Crippen molar-refractivity contribution in [1.29, 1.82) is 0 Å². The number of nitrogens with zero attached hydrogens (tertiary/aromatic N) is 4. The lowest BCUT2D eigenvalue weighted by molar-refractivity contribution is 0.272. The van der Waals surface area contributed by atoms with Crippen molar-refractivity contribution in [2.45, 2.75) is 13.5 Å². The molecule has 0 fully saturated rings. The fourth-order valence-corrected chi connectivity index (χ4v) is 1.46. The highest BCUT2D eigenvalue weighted by molar-refractivity contribution is 5.49. The molecule has 0 saturated heterocycles. The first-order chi connectivity index (χ1) is 8.38. The zero-order chi connectivity index (χ0) is 11.9. The summed E-state index contributed by atoms with van der Waals surface area (Å²) in [5.41, 5.74) is 2.25. The van der Waals surface area contributed by atoms with E-state index < -0.39 is 0 Å². The number of hydrogen-bond donors (Lipinski definition) is 0. The fourth-order valence-electron chi connectivity index (χ4n) is 1.46. The largest absolute Gasteiger partial charge is 0.501 e. The third-order valence-corrected chi connectivity index (χ3v) is 2.21. The van der Waals surface area contributed by atoms with Crippen LogP contribution >= 0.6 is 0 Å². The molecule has 0 radical (unpaired) electrons. The van der Waals surface area contributed by atoms with Crippen molar-refractivity contribution < 1.29 is 4.74 Å². The van der Waals surface area contributed by atoms with Crippen molar-refractivity contribution in [1.82, 2.24) is 20.2 Å². The van der Waals surface area contributed by atoms with E-state index in [1.807, 2.05) is 31.2 Å². The molecule has 0 amide bonds. The molecule has 2 rings (SSSR count). The van der Waals surface area contributed by atoms with Crippen molar-refractivity contribution >= 4 is 6.08 Å². The molecule has 2 aromatic rings. The predicted molar refractivity (Wildman–Crippen MR) is 64.0 cm³/mol. The molecule has 0 aliphatic rings. The molecule has 1 aromatic heterocycles. The molecule has 0 aliphatic heterocycles. The van der Waals surface area contributed by atoms with E-state index in [1.54, 1.807) is 17.3 Å². The minimum Gasteiger partial charge on any atom is -0.501 e. The van der Waals surface area contributed by atoms with Crippen LogP contribution in [-0.2, 0) is 11.3 Å². The second kappa shape index (κ2) is 5.79. The molecule has 0 saturated carbocycles. The van der Waals surface area contributed by atoms with Gasteiger partial charge >= 0.3 is 0 Å². The van der Waals surface area contributed by atoms with E-state index in [2.05, 4.69) is 21.6 Å². The molecule has 5 nitrogen and oxygen atoms in total. The number of aromatic nitrogens is 4. The average Bonchev–Trinajstić information content (AvgIpc) is 2.83. The van der Waals surface area contributed by atoms with Gasteiger partial charge in [0.1, 0.15) is 6.33 Å². The Hall–Kier alpha value is -2.17. The maximum absolute atomic E-state index is 5.17. The van der Waals surface area contributed by atoms with Gasteiger partial charge in [0.05, 0.1) is 19.4 Å². The molecule has 0 atom stereocenters. The van der Waals surface area contributed by atoms with Gasteiger partial charge in [0, 0.05) is 0 Å². The van der Waals surface area contributed by atoms with Gasteiger partial charge in [-0.05, 0) is 40.6 Å². The van der Waals surface area contributed by atoms with E-state index in [1.165, 1.54) is 0 Å². The molecular formula is C12H14N4O. The van der Waals surface area contributed by atoms with Crippen LogP contribution in [0.15, 0.2) is 36.9 Å². The fraction of sp³-hybridized carbons (Fsp3) is 0.250. The standard InChI is InChI=1S/C12H14N4O/c1-2-17-7-6-11-4-3-5-12(8-11)9-16-10-13-14-15-16/h3-8,10H,2,9H2,1H3/b7-6+. The normalized spacial score (nSPS) is 10.9. The minimum atomic E-state index is 0.670. The molecule has 1 heterocycles. The average molecular weight is 230 g/mol. The topological polar surface area (TPSA) is 52.8 Å². The lowest BCUT2D eigenvalue weighted by Gasteiger charge is -2.01. The first-order valence-corrected chi connectivity index (χ1v) is 5.46. The predicted octanol–water partition coefficient (Wildman–Crippen LogP) is 1.73. The Balaban J connectivity index is 2.06. The SMILES string of the molecule is CCO/C=C/c1cccc(Cn2cnnn2)c1. The monoisotopic (exact) mass is 230 g/mol. The van der Waals surface area contributed by atoms with Crippen molar-refractivity contribution in [2.75, 3.05) is 6.61 Å². The van der Waals surface area contributed by atoms with Crippen LogP contribution in [0.1, 0.15) is 18.1 Å². The van der Waals surface area contributed by atoms with Gasteiger partial charge < -0.3 is 4.74 Å². The molecule has 17 heavy (non-hydrogen) atoms. The third-order valence-electron chi connectivity index (χ3n) is 2.21. The summed E-state index contributed by atoms with van der Waals surface area (Å²) in [5.74, 6) is 0. The van der Waals surface area contributed by atoms with Gasteiger partial charge in [-0.15, -0.1) is 5.10 Å². The molecule has 0 bridgehead atoms. The highest BCUT2D eigenvalue weighted by atomic mass is 16.5. The van der Waals surface area contributed by atoms with E-state index in [-0.39, 0.29) is 0 Å². The van der Waals surface area contributed by atoms with Crippen molar-refractivity contribution in [3.05, 3.63) is 48.0 Å². The Bertz CT molecular complexity index is 479. The molecular weight excluding hydrogens is 216 g/mol. The Morgan fingerprint density at radius 2 is 2.35 bits per heavy atom. The Morgan fingerprint density at radius 3 is 3.12 bits per heavy atom. The molecule has 1 aromatic carbocycles. The first kappa shape index (κ1) is 11.3. The van der Waals surface area contributed by atoms with Gasteiger partial charge in [0.2, 0.25) is 0 Å². The number of tetrazole rings is 1. The van der Waals surface area contributed by atoms with Gasteiger partial charge in [-0.25, -0.2) is 4.68 Å².